The Labute approximate surface area is 133 Å². The standard InChI is InChI=1S/C17H29N3S/c1-4-13-7-9-20(10-8-13)17-19-16(12(2)3)15(21-17)11-18-14-5-6-14/h12-14,18H,4-11H2,1-3H3. The number of anilines is 1. The Morgan fingerprint density at radius 1 is 1.24 bits per heavy atom. The summed E-state index contributed by atoms with van der Waals surface area (Å²) >= 11 is 1.93. The van der Waals surface area contributed by atoms with E-state index in [9.17, 15) is 0 Å². The lowest BCUT2D eigenvalue weighted by Gasteiger charge is -2.31. The van der Waals surface area contributed by atoms with Gasteiger partial charge in [-0.2, -0.15) is 0 Å². The molecule has 1 aliphatic heterocycles. The molecule has 0 spiro atoms. The molecule has 21 heavy (non-hydrogen) atoms. The van der Waals surface area contributed by atoms with Gasteiger partial charge in [-0.05, 0) is 37.5 Å². The number of thiazole rings is 1. The average molecular weight is 308 g/mol. The van der Waals surface area contributed by atoms with Crippen molar-refractivity contribution in [3.63, 3.8) is 0 Å². The van der Waals surface area contributed by atoms with Gasteiger partial charge in [0.25, 0.3) is 0 Å². The fraction of sp³-hybridized carbons (Fsp3) is 0.824. The largest absolute Gasteiger partial charge is 0.348 e. The average Bonchev–Trinajstić information content (AvgIpc) is 3.23. The summed E-state index contributed by atoms with van der Waals surface area (Å²) < 4.78 is 0. The van der Waals surface area contributed by atoms with Crippen LogP contribution < -0.4 is 10.2 Å². The van der Waals surface area contributed by atoms with Crippen LogP contribution in [0.25, 0.3) is 0 Å². The molecule has 2 heterocycles. The van der Waals surface area contributed by atoms with Crippen molar-refractivity contribution in [2.45, 2.75) is 71.4 Å². The van der Waals surface area contributed by atoms with E-state index in [0.29, 0.717) is 5.92 Å². The van der Waals surface area contributed by atoms with Crippen molar-refractivity contribution in [3.8, 4) is 0 Å². The second-order valence-electron chi connectivity index (χ2n) is 6.95. The maximum atomic E-state index is 4.99. The third kappa shape index (κ3) is 3.78. The van der Waals surface area contributed by atoms with E-state index in [0.717, 1.165) is 18.5 Å². The normalized spacial score (nSPS) is 20.5. The SMILES string of the molecule is CCC1CCN(c2nc(C(C)C)c(CNC3CC3)s2)CC1. The molecule has 0 atom stereocenters. The molecule has 1 saturated carbocycles. The van der Waals surface area contributed by atoms with Gasteiger partial charge in [0.1, 0.15) is 0 Å². The number of nitrogens with one attached hydrogen (secondary N) is 1. The van der Waals surface area contributed by atoms with Gasteiger partial charge in [-0.3, -0.25) is 0 Å². The van der Waals surface area contributed by atoms with Gasteiger partial charge < -0.3 is 10.2 Å². The van der Waals surface area contributed by atoms with E-state index >= 15 is 0 Å². The van der Waals surface area contributed by atoms with E-state index in [2.05, 4.69) is 31.0 Å². The molecule has 3 rings (SSSR count). The van der Waals surface area contributed by atoms with Gasteiger partial charge in [0.15, 0.2) is 5.13 Å². The molecule has 0 bridgehead atoms. The molecule has 1 aromatic rings. The maximum Gasteiger partial charge on any atom is 0.185 e. The molecular formula is C17H29N3S. The van der Waals surface area contributed by atoms with E-state index in [1.807, 2.05) is 11.3 Å². The van der Waals surface area contributed by atoms with Gasteiger partial charge in [-0.15, -0.1) is 11.3 Å². The topological polar surface area (TPSA) is 28.2 Å². The summed E-state index contributed by atoms with van der Waals surface area (Å²) in [5, 5.41) is 4.92. The maximum absolute atomic E-state index is 4.99. The fourth-order valence-electron chi connectivity index (χ4n) is 3.12. The number of piperidine rings is 1. The van der Waals surface area contributed by atoms with Crippen molar-refractivity contribution < 1.29 is 0 Å². The number of aromatic nitrogens is 1. The molecule has 2 aliphatic rings. The summed E-state index contributed by atoms with van der Waals surface area (Å²) in [5.74, 6) is 1.46. The molecule has 2 fully saturated rings. The van der Waals surface area contributed by atoms with Crippen LogP contribution in [-0.4, -0.2) is 24.1 Å². The van der Waals surface area contributed by atoms with E-state index in [1.165, 1.54) is 60.9 Å². The summed E-state index contributed by atoms with van der Waals surface area (Å²) in [6, 6.07) is 0.774. The van der Waals surface area contributed by atoms with Crippen LogP contribution in [0.1, 0.15) is 69.4 Å². The van der Waals surface area contributed by atoms with Crippen molar-refractivity contribution >= 4 is 16.5 Å². The van der Waals surface area contributed by atoms with Crippen molar-refractivity contribution in [2.75, 3.05) is 18.0 Å². The highest BCUT2D eigenvalue weighted by Gasteiger charge is 2.25. The van der Waals surface area contributed by atoms with E-state index < -0.39 is 0 Å². The Balaban J connectivity index is 1.68. The van der Waals surface area contributed by atoms with Crippen molar-refractivity contribution in [3.05, 3.63) is 10.6 Å². The predicted molar refractivity (Wildman–Crippen MR) is 91.3 cm³/mol. The van der Waals surface area contributed by atoms with Crippen LogP contribution in [0.5, 0.6) is 0 Å². The number of rotatable bonds is 6. The molecular weight excluding hydrogens is 278 g/mol. The third-order valence-corrected chi connectivity index (χ3v) is 5.99. The third-order valence-electron chi connectivity index (χ3n) is 4.85. The zero-order valence-corrected chi connectivity index (χ0v) is 14.5. The Hall–Kier alpha value is -0.610. The molecule has 0 aromatic carbocycles. The van der Waals surface area contributed by atoms with E-state index in [1.54, 1.807) is 0 Å². The Morgan fingerprint density at radius 3 is 2.52 bits per heavy atom. The molecule has 0 amide bonds. The lowest BCUT2D eigenvalue weighted by Crippen LogP contribution is -2.33. The summed E-state index contributed by atoms with van der Waals surface area (Å²) in [5.41, 5.74) is 1.32. The van der Waals surface area contributed by atoms with E-state index in [-0.39, 0.29) is 0 Å². The molecule has 1 saturated heterocycles. The first kappa shape index (κ1) is 15.3. The summed E-state index contributed by atoms with van der Waals surface area (Å²) in [6.45, 7) is 10.3. The van der Waals surface area contributed by atoms with Crippen LogP contribution >= 0.6 is 11.3 Å². The van der Waals surface area contributed by atoms with Crippen LogP contribution in [0.2, 0.25) is 0 Å². The summed E-state index contributed by atoms with van der Waals surface area (Å²) in [7, 11) is 0. The van der Waals surface area contributed by atoms with Crippen LogP contribution in [0.3, 0.4) is 0 Å². The van der Waals surface area contributed by atoms with Crippen LogP contribution in [0, 0.1) is 5.92 Å². The smallest absolute Gasteiger partial charge is 0.185 e. The first-order chi connectivity index (χ1) is 10.2. The molecule has 1 N–H and O–H groups in total. The van der Waals surface area contributed by atoms with Gasteiger partial charge in [-0.1, -0.05) is 27.2 Å². The van der Waals surface area contributed by atoms with E-state index in [4.69, 9.17) is 4.98 Å². The highest BCUT2D eigenvalue weighted by Crippen LogP contribution is 2.34. The lowest BCUT2D eigenvalue weighted by atomic mass is 9.95. The van der Waals surface area contributed by atoms with Gasteiger partial charge >= 0.3 is 0 Å². The minimum Gasteiger partial charge on any atom is -0.348 e. The quantitative estimate of drug-likeness (QED) is 0.856. The Kier molecular flexibility index (Phi) is 4.85. The van der Waals surface area contributed by atoms with Crippen molar-refractivity contribution in [1.29, 1.82) is 0 Å². The second-order valence-corrected chi connectivity index (χ2v) is 8.02. The minimum atomic E-state index is 0.527. The molecule has 4 heteroatoms. The Bertz CT molecular complexity index is 457. The molecule has 3 nitrogen and oxygen atoms in total. The van der Waals surface area contributed by atoms with Gasteiger partial charge in [0, 0.05) is 30.6 Å². The highest BCUT2D eigenvalue weighted by atomic mass is 32.1. The van der Waals surface area contributed by atoms with Crippen molar-refractivity contribution in [2.24, 2.45) is 5.92 Å². The van der Waals surface area contributed by atoms with Crippen LogP contribution in [-0.2, 0) is 6.54 Å². The fourth-order valence-corrected chi connectivity index (χ4v) is 4.34. The molecule has 0 radical (unpaired) electrons. The van der Waals surface area contributed by atoms with Crippen LogP contribution in [0.15, 0.2) is 0 Å². The second kappa shape index (κ2) is 6.66. The molecule has 118 valence electrons. The Morgan fingerprint density at radius 2 is 1.95 bits per heavy atom. The zero-order chi connectivity index (χ0) is 14.8. The lowest BCUT2D eigenvalue weighted by molar-refractivity contribution is 0.395. The van der Waals surface area contributed by atoms with Gasteiger partial charge in [-0.25, -0.2) is 4.98 Å². The highest BCUT2D eigenvalue weighted by molar-refractivity contribution is 7.15. The van der Waals surface area contributed by atoms with Gasteiger partial charge in [0.05, 0.1) is 5.69 Å². The number of hydrogen-bond donors (Lipinski definition) is 1. The zero-order valence-electron chi connectivity index (χ0n) is 13.7. The first-order valence-corrected chi connectivity index (χ1v) is 9.47. The number of nitrogens with zero attached hydrogens (tertiary/aromatic N) is 2. The monoisotopic (exact) mass is 307 g/mol. The summed E-state index contributed by atoms with van der Waals surface area (Å²) in [4.78, 5) is 8.97. The molecule has 1 aliphatic carbocycles. The predicted octanol–water partition coefficient (Wildman–Crippen LogP) is 4.14. The summed E-state index contributed by atoms with van der Waals surface area (Å²) in [6.07, 6.45) is 6.71. The van der Waals surface area contributed by atoms with Crippen LogP contribution in [0.4, 0.5) is 5.13 Å². The molecule has 0 unspecified atom stereocenters. The number of hydrogen-bond acceptors (Lipinski definition) is 4. The first-order valence-electron chi connectivity index (χ1n) is 8.65. The molecule has 1 aromatic heterocycles. The van der Waals surface area contributed by atoms with Gasteiger partial charge in [0.2, 0.25) is 0 Å². The van der Waals surface area contributed by atoms with Crippen molar-refractivity contribution in [1.82, 2.24) is 10.3 Å². The minimum absolute atomic E-state index is 0.527.